The molecule has 0 heterocycles. The second kappa shape index (κ2) is 9.14. The van der Waals surface area contributed by atoms with E-state index < -0.39 is 0 Å². The Kier molecular flexibility index (Phi) is 7.01. The van der Waals surface area contributed by atoms with Crippen LogP contribution >= 0.6 is 11.8 Å². The fourth-order valence-corrected chi connectivity index (χ4v) is 8.78. The molecule has 0 amide bonds. The molecule has 0 saturated heterocycles. The van der Waals surface area contributed by atoms with Crippen LogP contribution < -0.4 is 4.74 Å². The summed E-state index contributed by atoms with van der Waals surface area (Å²) in [6.07, 6.45) is 7.81. The first-order chi connectivity index (χ1) is 15.8. The van der Waals surface area contributed by atoms with E-state index in [1.165, 1.54) is 43.2 Å². The summed E-state index contributed by atoms with van der Waals surface area (Å²) in [6.45, 7) is 19.2. The lowest BCUT2D eigenvalue weighted by molar-refractivity contribution is -0.131. The molecule has 34 heavy (non-hydrogen) atoms. The van der Waals surface area contributed by atoms with E-state index in [1.54, 1.807) is 17.3 Å². The average molecular weight is 487 g/mol. The van der Waals surface area contributed by atoms with Gasteiger partial charge in [-0.05, 0) is 117 Å². The molecule has 2 fully saturated rings. The summed E-state index contributed by atoms with van der Waals surface area (Å²) in [5.41, 5.74) is 5.21. The van der Waals surface area contributed by atoms with Crippen LogP contribution in [0, 0.1) is 29.6 Å². The van der Waals surface area contributed by atoms with E-state index in [-0.39, 0.29) is 17.0 Å². The van der Waals surface area contributed by atoms with Gasteiger partial charge in [0.05, 0.1) is 18.0 Å². The molecular weight excluding hydrogens is 440 g/mol. The van der Waals surface area contributed by atoms with Gasteiger partial charge in [-0.15, -0.1) is 11.8 Å². The van der Waals surface area contributed by atoms with Gasteiger partial charge in [-0.1, -0.05) is 34.1 Å². The standard InChI is InChI=1S/C30H46O3S/c1-20-16-22(33-25(31)19-34-15-14-32-27(2,3)4)17-21-18-24-29(7)12-9-11-28(5,6)23(29)10-13-30(24,8)26(20)21/h16-17,23-24H,9-15,18-19H2,1-8H3/t23-,24?,29?,30?/m0/s1. The monoisotopic (exact) mass is 486 g/mol. The van der Waals surface area contributed by atoms with Gasteiger partial charge in [-0.2, -0.15) is 0 Å². The summed E-state index contributed by atoms with van der Waals surface area (Å²) in [5, 5.41) is 0. The number of esters is 1. The molecule has 3 nitrogen and oxygen atoms in total. The van der Waals surface area contributed by atoms with E-state index in [4.69, 9.17) is 9.47 Å². The van der Waals surface area contributed by atoms with E-state index in [9.17, 15) is 4.79 Å². The number of carbonyl (C=O) groups is 1. The number of ether oxygens (including phenoxy) is 2. The van der Waals surface area contributed by atoms with Crippen LogP contribution in [0.1, 0.15) is 97.3 Å². The van der Waals surface area contributed by atoms with E-state index in [0.717, 1.165) is 23.8 Å². The van der Waals surface area contributed by atoms with E-state index >= 15 is 0 Å². The quantitative estimate of drug-likeness (QED) is 0.237. The number of benzene rings is 1. The molecule has 1 aromatic carbocycles. The number of thioether (sulfide) groups is 1. The number of fused-ring (bicyclic) bond motifs is 5. The fourth-order valence-electron chi connectivity index (χ4n) is 8.21. The third-order valence-corrected chi connectivity index (χ3v) is 10.3. The Bertz CT molecular complexity index is 930. The minimum Gasteiger partial charge on any atom is -0.426 e. The molecule has 0 N–H and O–H groups in total. The lowest BCUT2D eigenvalue weighted by Gasteiger charge is -2.61. The number of aryl methyl sites for hydroxylation is 1. The maximum Gasteiger partial charge on any atom is 0.321 e. The van der Waals surface area contributed by atoms with Crippen molar-refractivity contribution < 1.29 is 14.3 Å². The third kappa shape index (κ3) is 4.83. The molecule has 3 aliphatic rings. The number of carbonyl (C=O) groups excluding carboxylic acids is 1. The van der Waals surface area contributed by atoms with Crippen molar-refractivity contribution in [2.24, 2.45) is 22.7 Å². The molecule has 4 atom stereocenters. The van der Waals surface area contributed by atoms with Gasteiger partial charge < -0.3 is 9.47 Å². The van der Waals surface area contributed by atoms with Crippen LogP contribution in [0.25, 0.3) is 0 Å². The molecular formula is C30H46O3S. The molecule has 3 unspecified atom stereocenters. The molecule has 0 bridgehead atoms. The summed E-state index contributed by atoms with van der Waals surface area (Å²) in [6, 6.07) is 4.29. The van der Waals surface area contributed by atoms with Gasteiger partial charge in [0.15, 0.2) is 0 Å². The minimum atomic E-state index is -0.164. The lowest BCUT2D eigenvalue weighted by atomic mass is 9.43. The summed E-state index contributed by atoms with van der Waals surface area (Å²) < 4.78 is 11.6. The first-order valence-corrected chi connectivity index (χ1v) is 14.5. The van der Waals surface area contributed by atoms with Crippen molar-refractivity contribution in [3.63, 3.8) is 0 Å². The zero-order valence-electron chi connectivity index (χ0n) is 22.8. The predicted octanol–water partition coefficient (Wildman–Crippen LogP) is 7.51. The molecule has 2 saturated carbocycles. The second-order valence-corrected chi connectivity index (χ2v) is 14.5. The highest BCUT2D eigenvalue weighted by molar-refractivity contribution is 7.99. The molecule has 190 valence electrons. The maximum atomic E-state index is 12.5. The van der Waals surface area contributed by atoms with Crippen molar-refractivity contribution in [3.05, 3.63) is 28.8 Å². The van der Waals surface area contributed by atoms with E-state index in [0.29, 0.717) is 29.1 Å². The Labute approximate surface area is 212 Å². The normalized spacial score (nSPS) is 32.0. The van der Waals surface area contributed by atoms with Gasteiger partial charge in [0.1, 0.15) is 5.75 Å². The molecule has 0 spiro atoms. The fraction of sp³-hybridized carbons (Fsp3) is 0.767. The summed E-state index contributed by atoms with van der Waals surface area (Å²) in [7, 11) is 0. The Morgan fingerprint density at radius 2 is 1.82 bits per heavy atom. The molecule has 1 aromatic rings. The van der Waals surface area contributed by atoms with Crippen molar-refractivity contribution in [3.8, 4) is 5.75 Å². The molecule has 3 aliphatic carbocycles. The zero-order valence-corrected chi connectivity index (χ0v) is 23.6. The van der Waals surface area contributed by atoms with Gasteiger partial charge in [-0.25, -0.2) is 0 Å². The summed E-state index contributed by atoms with van der Waals surface area (Å²) in [4.78, 5) is 12.5. The lowest BCUT2D eigenvalue weighted by Crippen LogP contribution is -2.55. The van der Waals surface area contributed by atoms with Crippen molar-refractivity contribution >= 4 is 17.7 Å². The third-order valence-electron chi connectivity index (χ3n) is 9.39. The number of hydrogen-bond donors (Lipinski definition) is 0. The number of rotatable bonds is 6. The first-order valence-electron chi connectivity index (χ1n) is 13.3. The highest BCUT2D eigenvalue weighted by Gasteiger charge is 2.61. The van der Waals surface area contributed by atoms with Crippen LogP contribution in [-0.4, -0.2) is 29.7 Å². The topological polar surface area (TPSA) is 35.5 Å². The first kappa shape index (κ1) is 26.1. The highest BCUT2D eigenvalue weighted by atomic mass is 32.2. The van der Waals surface area contributed by atoms with Crippen molar-refractivity contribution in [2.45, 2.75) is 105 Å². The molecule has 4 rings (SSSR count). The van der Waals surface area contributed by atoms with Gasteiger partial charge in [0.2, 0.25) is 0 Å². The molecule has 0 radical (unpaired) electrons. The Morgan fingerprint density at radius 3 is 2.53 bits per heavy atom. The van der Waals surface area contributed by atoms with E-state index in [1.807, 2.05) is 20.8 Å². The SMILES string of the molecule is Cc1cc(OC(=O)CSCCOC(C)(C)C)cc2c1C1(C)CC[C@H]3C(C)(C)CCCC3(C)C1C2. The van der Waals surface area contributed by atoms with Crippen molar-refractivity contribution in [1.29, 1.82) is 0 Å². The zero-order chi connectivity index (χ0) is 24.9. The van der Waals surface area contributed by atoms with Crippen molar-refractivity contribution in [1.82, 2.24) is 0 Å². The van der Waals surface area contributed by atoms with Crippen LogP contribution in [0.5, 0.6) is 5.75 Å². The summed E-state index contributed by atoms with van der Waals surface area (Å²) >= 11 is 1.58. The number of hydrogen-bond acceptors (Lipinski definition) is 4. The van der Waals surface area contributed by atoms with Gasteiger partial charge in [-0.3, -0.25) is 4.79 Å². The van der Waals surface area contributed by atoms with Gasteiger partial charge in [0, 0.05) is 5.75 Å². The Hall–Kier alpha value is -1.00. The van der Waals surface area contributed by atoms with Crippen molar-refractivity contribution in [2.75, 3.05) is 18.1 Å². The highest BCUT2D eigenvalue weighted by Crippen LogP contribution is 2.67. The van der Waals surface area contributed by atoms with Gasteiger partial charge >= 0.3 is 5.97 Å². The van der Waals surface area contributed by atoms with Crippen LogP contribution in [0.15, 0.2) is 12.1 Å². The van der Waals surface area contributed by atoms with Gasteiger partial charge in [0.25, 0.3) is 0 Å². The van der Waals surface area contributed by atoms with Crippen LogP contribution in [-0.2, 0) is 21.4 Å². The predicted molar refractivity (Wildman–Crippen MR) is 143 cm³/mol. The minimum absolute atomic E-state index is 0.138. The summed E-state index contributed by atoms with van der Waals surface area (Å²) in [5.74, 6) is 3.20. The van der Waals surface area contributed by atoms with Crippen LogP contribution in [0.4, 0.5) is 0 Å². The smallest absolute Gasteiger partial charge is 0.321 e. The molecule has 0 aliphatic heterocycles. The van der Waals surface area contributed by atoms with E-state index in [2.05, 4.69) is 46.8 Å². The average Bonchev–Trinajstić information content (AvgIpc) is 3.00. The Morgan fingerprint density at radius 1 is 1.09 bits per heavy atom. The maximum absolute atomic E-state index is 12.5. The molecule has 4 heteroatoms. The second-order valence-electron chi connectivity index (χ2n) is 13.4. The largest absolute Gasteiger partial charge is 0.426 e. The van der Waals surface area contributed by atoms with Crippen LogP contribution in [0.2, 0.25) is 0 Å². The molecule has 0 aromatic heterocycles. The van der Waals surface area contributed by atoms with Crippen LogP contribution in [0.3, 0.4) is 0 Å². The Balaban J connectivity index is 1.46.